The zero-order valence-corrected chi connectivity index (χ0v) is 26.1. The minimum atomic E-state index is 0. The zero-order chi connectivity index (χ0) is 26.8. The van der Waals surface area contributed by atoms with Crippen LogP contribution in [-0.4, -0.2) is 6.54 Å². The van der Waals surface area contributed by atoms with Crippen LogP contribution in [0.2, 0.25) is 0 Å². The predicted molar refractivity (Wildman–Crippen MR) is 167 cm³/mol. The van der Waals surface area contributed by atoms with E-state index < -0.39 is 0 Å². The molecule has 1 atom stereocenters. The van der Waals surface area contributed by atoms with Gasteiger partial charge in [0.25, 0.3) is 0 Å². The van der Waals surface area contributed by atoms with Crippen LogP contribution in [0.15, 0.2) is 119 Å². The van der Waals surface area contributed by atoms with Crippen molar-refractivity contribution in [1.29, 1.82) is 0 Å². The Labute approximate surface area is 257 Å². The number of fused-ring (bicyclic) bond motifs is 2. The number of thiophene rings is 1. The molecular formula is C35H34BrClN2S. The average molecular weight is 630 g/mol. The molecule has 5 heteroatoms. The first-order valence-corrected chi connectivity index (χ1v) is 15.2. The Balaban J connectivity index is 0.00000323. The third kappa shape index (κ3) is 5.37. The van der Waals surface area contributed by atoms with Gasteiger partial charge < -0.3 is 21.9 Å². The number of anilines is 1. The Morgan fingerprint density at radius 1 is 0.975 bits per heavy atom. The van der Waals surface area contributed by atoms with Crippen molar-refractivity contribution in [2.24, 2.45) is 0 Å². The van der Waals surface area contributed by atoms with E-state index in [1.165, 1.54) is 49.3 Å². The van der Waals surface area contributed by atoms with Gasteiger partial charge in [0.1, 0.15) is 6.54 Å². The topological polar surface area (TPSA) is 7.12 Å². The smallest absolute Gasteiger partial charge is 0.212 e. The molecule has 204 valence electrons. The number of hydrogen-bond acceptors (Lipinski definition) is 2. The molecule has 0 saturated carbocycles. The normalized spacial score (nSPS) is 17.8. The number of nitrogens with zero attached hydrogens (tertiary/aromatic N) is 2. The highest BCUT2D eigenvalue weighted by atomic mass is 79.9. The van der Waals surface area contributed by atoms with Crippen LogP contribution in [0.4, 0.5) is 5.69 Å². The fourth-order valence-electron chi connectivity index (χ4n) is 6.05. The highest BCUT2D eigenvalue weighted by molar-refractivity contribution is 7.10. The first-order chi connectivity index (χ1) is 19.2. The van der Waals surface area contributed by atoms with Crippen molar-refractivity contribution in [3.8, 4) is 0 Å². The Morgan fingerprint density at radius 3 is 2.60 bits per heavy atom. The number of halogens is 2. The summed E-state index contributed by atoms with van der Waals surface area (Å²) in [5, 5.41) is 4.43. The average Bonchev–Trinajstić information content (AvgIpc) is 3.52. The van der Waals surface area contributed by atoms with Gasteiger partial charge in [0.15, 0.2) is 6.20 Å². The molecule has 2 aromatic carbocycles. The molecule has 0 radical (unpaired) electrons. The third-order valence-electron chi connectivity index (χ3n) is 8.01. The van der Waals surface area contributed by atoms with Crippen LogP contribution in [0, 0.1) is 0 Å². The summed E-state index contributed by atoms with van der Waals surface area (Å²) in [4.78, 5) is 3.65. The van der Waals surface area contributed by atoms with Gasteiger partial charge in [-0.1, -0.05) is 60.2 Å². The number of pyridine rings is 1. The maximum atomic E-state index is 7.34. The summed E-state index contributed by atoms with van der Waals surface area (Å²) in [6.07, 6.45) is 14.3. The Morgan fingerprint density at radius 2 is 1.80 bits per heavy atom. The largest absolute Gasteiger partial charge is 1.00 e. The summed E-state index contributed by atoms with van der Waals surface area (Å²) in [6, 6.07) is 24.2. The van der Waals surface area contributed by atoms with E-state index in [-0.39, 0.29) is 22.9 Å². The van der Waals surface area contributed by atoms with Crippen molar-refractivity contribution < 1.29 is 21.5 Å². The van der Waals surface area contributed by atoms with Gasteiger partial charge in [-0.05, 0) is 85.0 Å². The standard InChI is InChI=1S/C35H34ClN2S.BrH/c1-3-37-22-20-25(27-12-5-7-15-31(27)37)18-19-26-11-9-14-30(35(26)36)34(33-17-10-24-39-33)29-21-23-38(4-2)32-16-8-6-13-28(29)32;/h5-8,10,12-13,15-24,34H,3-4,9,11,14H2,1-2H3;1H/q+1;/p-1/b25-18?,26-19+;. The van der Waals surface area contributed by atoms with Crippen molar-refractivity contribution >= 4 is 45.1 Å². The van der Waals surface area contributed by atoms with Crippen LogP contribution < -0.4 is 26.4 Å². The zero-order valence-electron chi connectivity index (χ0n) is 23.0. The van der Waals surface area contributed by atoms with Crippen molar-refractivity contribution in [3.05, 3.63) is 135 Å². The molecule has 2 aromatic heterocycles. The summed E-state index contributed by atoms with van der Waals surface area (Å²) < 4.78 is 2.33. The lowest BCUT2D eigenvalue weighted by Gasteiger charge is -2.27. The number of benzene rings is 2. The van der Waals surface area contributed by atoms with E-state index in [0.717, 1.165) is 37.4 Å². The van der Waals surface area contributed by atoms with E-state index in [2.05, 4.69) is 126 Å². The summed E-state index contributed by atoms with van der Waals surface area (Å²) in [6.45, 7) is 6.29. The molecule has 0 spiro atoms. The highest BCUT2D eigenvalue weighted by Gasteiger charge is 2.29. The second-order valence-corrected chi connectivity index (χ2v) is 11.5. The molecule has 2 aliphatic rings. The first kappa shape index (κ1) is 28.6. The van der Waals surface area contributed by atoms with Gasteiger partial charge in [-0.2, -0.15) is 4.57 Å². The molecule has 0 N–H and O–H groups in total. The van der Waals surface area contributed by atoms with Crippen LogP contribution in [0.25, 0.3) is 16.5 Å². The van der Waals surface area contributed by atoms with Crippen LogP contribution in [0.1, 0.15) is 55.0 Å². The Bertz CT molecular complexity index is 1630. The summed E-state index contributed by atoms with van der Waals surface area (Å²) >= 11 is 9.17. The number of aromatic nitrogens is 1. The molecule has 1 aliphatic heterocycles. The lowest BCUT2D eigenvalue weighted by atomic mass is 9.81. The van der Waals surface area contributed by atoms with Gasteiger partial charge in [0, 0.05) is 52.0 Å². The van der Waals surface area contributed by atoms with E-state index in [1.807, 2.05) is 11.3 Å². The molecule has 0 saturated heterocycles. The predicted octanol–water partition coefficient (Wildman–Crippen LogP) is 6.39. The van der Waals surface area contributed by atoms with Crippen LogP contribution >= 0.6 is 22.9 Å². The number of hydrogen-bond donors (Lipinski definition) is 0. The molecule has 0 fully saturated rings. The number of allylic oxidation sites excluding steroid dienone is 7. The fraction of sp³-hybridized carbons (Fsp3) is 0.229. The maximum Gasteiger partial charge on any atom is 0.212 e. The van der Waals surface area contributed by atoms with Crippen molar-refractivity contribution in [2.45, 2.75) is 45.6 Å². The Kier molecular flexibility index (Phi) is 9.10. The van der Waals surface area contributed by atoms with Crippen LogP contribution in [0.3, 0.4) is 0 Å². The molecule has 1 aliphatic carbocycles. The first-order valence-electron chi connectivity index (χ1n) is 14.0. The summed E-state index contributed by atoms with van der Waals surface area (Å²) in [5.74, 6) is 0.152. The monoisotopic (exact) mass is 628 g/mol. The Hall–Kier alpha value is -2.92. The lowest BCUT2D eigenvalue weighted by molar-refractivity contribution is -0.667. The second-order valence-electron chi connectivity index (χ2n) is 10.1. The molecule has 3 heterocycles. The van der Waals surface area contributed by atoms with Gasteiger partial charge in [-0.15, -0.1) is 11.3 Å². The number of rotatable bonds is 6. The minimum Gasteiger partial charge on any atom is -1.00 e. The van der Waals surface area contributed by atoms with E-state index in [0.29, 0.717) is 0 Å². The number of para-hydroxylation sites is 2. The molecule has 4 aromatic rings. The summed E-state index contributed by atoms with van der Waals surface area (Å²) in [7, 11) is 0. The molecular weight excluding hydrogens is 596 g/mol. The van der Waals surface area contributed by atoms with Gasteiger partial charge in [-0.3, -0.25) is 0 Å². The van der Waals surface area contributed by atoms with Crippen LogP contribution in [-0.2, 0) is 6.54 Å². The summed E-state index contributed by atoms with van der Waals surface area (Å²) in [5.41, 5.74) is 8.95. The SMILES string of the molecule is CCN1C=CC(=C/C=C2\CCCC(C(c3cccs3)c3cc[n+](CC)c4ccccc34)=C2Cl)c2ccccc21.[Br-]. The van der Waals surface area contributed by atoms with Crippen LogP contribution in [0.5, 0.6) is 0 Å². The maximum absolute atomic E-state index is 7.34. The molecule has 1 unspecified atom stereocenters. The molecule has 2 nitrogen and oxygen atoms in total. The van der Waals surface area contributed by atoms with E-state index >= 15 is 0 Å². The second kappa shape index (κ2) is 12.7. The van der Waals surface area contributed by atoms with Crippen molar-refractivity contribution in [3.63, 3.8) is 0 Å². The fourth-order valence-corrected chi connectivity index (χ4v) is 7.28. The van der Waals surface area contributed by atoms with Crippen molar-refractivity contribution in [2.75, 3.05) is 11.4 Å². The molecule has 6 rings (SSSR count). The van der Waals surface area contributed by atoms with E-state index in [1.54, 1.807) is 0 Å². The van der Waals surface area contributed by atoms with Gasteiger partial charge >= 0.3 is 0 Å². The molecule has 40 heavy (non-hydrogen) atoms. The highest BCUT2D eigenvalue weighted by Crippen LogP contribution is 2.46. The van der Waals surface area contributed by atoms with Gasteiger partial charge in [0.2, 0.25) is 5.52 Å². The van der Waals surface area contributed by atoms with Gasteiger partial charge in [-0.25, -0.2) is 0 Å². The van der Waals surface area contributed by atoms with E-state index in [9.17, 15) is 0 Å². The third-order valence-corrected chi connectivity index (χ3v) is 9.43. The molecule has 0 amide bonds. The molecule has 0 bridgehead atoms. The minimum absolute atomic E-state index is 0. The quantitative estimate of drug-likeness (QED) is 0.225. The van der Waals surface area contributed by atoms with E-state index in [4.69, 9.17) is 11.6 Å². The van der Waals surface area contributed by atoms with Gasteiger partial charge in [0.05, 0.1) is 5.39 Å². The number of aryl methyl sites for hydroxylation is 1. The lowest BCUT2D eigenvalue weighted by Crippen LogP contribution is -3.00. The van der Waals surface area contributed by atoms with Crippen molar-refractivity contribution in [1.82, 2.24) is 0 Å².